The van der Waals surface area contributed by atoms with Crippen molar-refractivity contribution in [3.05, 3.63) is 30.1 Å². The first-order chi connectivity index (χ1) is 9.08. The molecule has 1 N–H and O–H groups in total. The Kier molecular flexibility index (Phi) is 4.42. The van der Waals surface area contributed by atoms with Crippen LogP contribution in [0.3, 0.4) is 0 Å². The summed E-state index contributed by atoms with van der Waals surface area (Å²) in [5, 5.41) is 9.01. The summed E-state index contributed by atoms with van der Waals surface area (Å²) in [6, 6.07) is 5.19. The molecule has 1 heterocycles. The number of carboxylic acid groups (broad SMARTS) is 1. The fourth-order valence-corrected chi connectivity index (χ4v) is 2.87. The van der Waals surface area contributed by atoms with Gasteiger partial charge in [0.1, 0.15) is 11.9 Å². The summed E-state index contributed by atoms with van der Waals surface area (Å²) < 4.78 is 12.7. The fourth-order valence-electron chi connectivity index (χ4n) is 2.08. The lowest BCUT2D eigenvalue weighted by molar-refractivity contribution is -0.147. The molecule has 102 valence electrons. The topological polar surface area (TPSA) is 57.6 Å². The van der Waals surface area contributed by atoms with Crippen molar-refractivity contribution in [1.29, 1.82) is 0 Å². The van der Waals surface area contributed by atoms with Crippen molar-refractivity contribution in [3.8, 4) is 0 Å². The van der Waals surface area contributed by atoms with Crippen LogP contribution in [0.1, 0.15) is 12.8 Å². The number of hydrogen-bond donors (Lipinski definition) is 1. The third-order valence-electron chi connectivity index (χ3n) is 3.03. The molecule has 0 radical (unpaired) electrons. The molecule has 1 aromatic carbocycles. The van der Waals surface area contributed by atoms with Crippen LogP contribution >= 0.6 is 11.8 Å². The average Bonchev–Trinajstić information content (AvgIpc) is 2.87. The molecule has 0 saturated carbocycles. The van der Waals surface area contributed by atoms with Gasteiger partial charge in [0.2, 0.25) is 5.91 Å². The molecule has 1 fully saturated rings. The number of thioether (sulfide) groups is 1. The molecule has 0 aromatic heterocycles. The van der Waals surface area contributed by atoms with E-state index in [0.717, 1.165) is 11.3 Å². The Hall–Kier alpha value is -1.56. The smallest absolute Gasteiger partial charge is 0.326 e. The number of likely N-dealkylation sites (tertiary alicyclic amines) is 1. The molecule has 1 atom stereocenters. The molecule has 0 aliphatic carbocycles. The summed E-state index contributed by atoms with van der Waals surface area (Å²) in [5.41, 5.74) is 0. The molecule has 0 unspecified atom stereocenters. The van der Waals surface area contributed by atoms with Crippen molar-refractivity contribution in [1.82, 2.24) is 4.90 Å². The zero-order valence-corrected chi connectivity index (χ0v) is 11.0. The van der Waals surface area contributed by atoms with Gasteiger partial charge in [-0.15, -0.1) is 11.8 Å². The van der Waals surface area contributed by atoms with Crippen LogP contribution in [0.25, 0.3) is 0 Å². The van der Waals surface area contributed by atoms with Gasteiger partial charge in [-0.3, -0.25) is 4.79 Å². The molecular weight excluding hydrogens is 269 g/mol. The highest BCUT2D eigenvalue weighted by molar-refractivity contribution is 8.00. The number of rotatable bonds is 4. The number of amides is 1. The summed E-state index contributed by atoms with van der Waals surface area (Å²) in [7, 11) is 0. The molecule has 4 nitrogen and oxygen atoms in total. The molecule has 2 rings (SSSR count). The molecule has 1 aliphatic heterocycles. The lowest BCUT2D eigenvalue weighted by Crippen LogP contribution is -2.41. The van der Waals surface area contributed by atoms with Gasteiger partial charge in [-0.2, -0.15) is 0 Å². The third kappa shape index (κ3) is 3.47. The van der Waals surface area contributed by atoms with Gasteiger partial charge in [0.05, 0.1) is 5.75 Å². The third-order valence-corrected chi connectivity index (χ3v) is 4.03. The Morgan fingerprint density at radius 3 is 2.68 bits per heavy atom. The Labute approximate surface area is 114 Å². The van der Waals surface area contributed by atoms with E-state index in [1.54, 1.807) is 12.1 Å². The van der Waals surface area contributed by atoms with Crippen LogP contribution < -0.4 is 0 Å². The van der Waals surface area contributed by atoms with E-state index >= 15 is 0 Å². The highest BCUT2D eigenvalue weighted by Gasteiger charge is 2.33. The molecule has 0 spiro atoms. The van der Waals surface area contributed by atoms with Gasteiger partial charge in [0.15, 0.2) is 0 Å². The molecule has 19 heavy (non-hydrogen) atoms. The maximum absolute atomic E-state index is 12.7. The number of carbonyl (C=O) groups is 2. The molecule has 1 aliphatic rings. The van der Waals surface area contributed by atoms with Gasteiger partial charge in [-0.25, -0.2) is 9.18 Å². The SMILES string of the molecule is O=C(O)[C@@H]1CCCN1C(=O)CSc1ccc(F)cc1. The zero-order valence-electron chi connectivity index (χ0n) is 10.2. The van der Waals surface area contributed by atoms with Crippen molar-refractivity contribution in [2.75, 3.05) is 12.3 Å². The van der Waals surface area contributed by atoms with Crippen molar-refractivity contribution < 1.29 is 19.1 Å². The lowest BCUT2D eigenvalue weighted by atomic mass is 10.2. The maximum atomic E-state index is 12.7. The standard InChI is InChI=1S/C13H14FNO3S/c14-9-3-5-10(6-4-9)19-8-12(16)15-7-1-2-11(15)13(17)18/h3-6,11H,1-2,7-8H2,(H,17,18)/t11-/m0/s1. The number of halogens is 1. The van der Waals surface area contributed by atoms with Gasteiger partial charge in [-0.05, 0) is 37.1 Å². The van der Waals surface area contributed by atoms with Crippen LogP contribution in [0.5, 0.6) is 0 Å². The molecule has 1 saturated heterocycles. The number of nitrogens with zero attached hydrogens (tertiary/aromatic N) is 1. The minimum Gasteiger partial charge on any atom is -0.480 e. The van der Waals surface area contributed by atoms with Gasteiger partial charge >= 0.3 is 5.97 Å². The Balaban J connectivity index is 1.90. The van der Waals surface area contributed by atoms with Crippen molar-refractivity contribution in [2.45, 2.75) is 23.8 Å². The van der Waals surface area contributed by atoms with Crippen LogP contribution in [0.4, 0.5) is 4.39 Å². The summed E-state index contributed by atoms with van der Waals surface area (Å²) in [6.07, 6.45) is 1.24. The van der Waals surface area contributed by atoms with E-state index in [-0.39, 0.29) is 17.5 Å². The second-order valence-corrected chi connectivity index (χ2v) is 5.37. The highest BCUT2D eigenvalue weighted by atomic mass is 32.2. The van der Waals surface area contributed by atoms with Gasteiger partial charge in [0.25, 0.3) is 0 Å². The molecule has 1 amide bonds. The average molecular weight is 283 g/mol. The van der Waals surface area contributed by atoms with E-state index in [0.29, 0.717) is 13.0 Å². The second-order valence-electron chi connectivity index (χ2n) is 4.33. The van der Waals surface area contributed by atoms with Gasteiger partial charge < -0.3 is 10.0 Å². The number of hydrogen-bond acceptors (Lipinski definition) is 3. The van der Waals surface area contributed by atoms with E-state index in [1.165, 1.54) is 28.8 Å². The lowest BCUT2D eigenvalue weighted by Gasteiger charge is -2.21. The Bertz CT molecular complexity index is 477. The molecule has 1 aromatic rings. The number of carbonyl (C=O) groups excluding carboxylic acids is 1. The molecule has 6 heteroatoms. The first-order valence-corrected chi connectivity index (χ1v) is 6.97. The second kappa shape index (κ2) is 6.06. The van der Waals surface area contributed by atoms with E-state index < -0.39 is 12.0 Å². The summed E-state index contributed by atoms with van der Waals surface area (Å²) in [5.74, 6) is -1.27. The fraction of sp³-hybridized carbons (Fsp3) is 0.385. The van der Waals surface area contributed by atoms with E-state index in [1.807, 2.05) is 0 Å². The number of benzene rings is 1. The van der Waals surface area contributed by atoms with Crippen molar-refractivity contribution in [3.63, 3.8) is 0 Å². The monoisotopic (exact) mass is 283 g/mol. The molecule has 0 bridgehead atoms. The van der Waals surface area contributed by atoms with Gasteiger partial charge in [0, 0.05) is 11.4 Å². The zero-order chi connectivity index (χ0) is 13.8. The van der Waals surface area contributed by atoms with E-state index in [2.05, 4.69) is 0 Å². The minimum atomic E-state index is -0.947. The summed E-state index contributed by atoms with van der Waals surface area (Å²) in [6.45, 7) is 0.500. The van der Waals surface area contributed by atoms with Crippen molar-refractivity contribution in [2.24, 2.45) is 0 Å². The summed E-state index contributed by atoms with van der Waals surface area (Å²) in [4.78, 5) is 25.2. The predicted molar refractivity (Wildman–Crippen MR) is 69.5 cm³/mol. The predicted octanol–water partition coefficient (Wildman–Crippen LogP) is 1.99. The van der Waals surface area contributed by atoms with Crippen LogP contribution in [-0.2, 0) is 9.59 Å². The molecular formula is C13H14FNO3S. The quantitative estimate of drug-likeness (QED) is 0.859. The Morgan fingerprint density at radius 2 is 2.05 bits per heavy atom. The van der Waals surface area contributed by atoms with Crippen LogP contribution in [-0.4, -0.2) is 40.2 Å². The minimum absolute atomic E-state index is 0.176. The van der Waals surface area contributed by atoms with Crippen LogP contribution in [0, 0.1) is 5.82 Å². The number of carboxylic acids is 1. The maximum Gasteiger partial charge on any atom is 0.326 e. The van der Waals surface area contributed by atoms with Gasteiger partial charge in [-0.1, -0.05) is 0 Å². The van der Waals surface area contributed by atoms with Crippen molar-refractivity contribution >= 4 is 23.6 Å². The van der Waals surface area contributed by atoms with Crippen LogP contribution in [0.2, 0.25) is 0 Å². The summed E-state index contributed by atoms with van der Waals surface area (Å²) >= 11 is 1.29. The largest absolute Gasteiger partial charge is 0.480 e. The first-order valence-electron chi connectivity index (χ1n) is 5.98. The van der Waals surface area contributed by atoms with E-state index in [4.69, 9.17) is 5.11 Å². The first kappa shape index (κ1) is 13.9. The van der Waals surface area contributed by atoms with Crippen LogP contribution in [0.15, 0.2) is 29.2 Å². The Morgan fingerprint density at radius 1 is 1.37 bits per heavy atom. The normalized spacial score (nSPS) is 18.6. The van der Waals surface area contributed by atoms with E-state index in [9.17, 15) is 14.0 Å². The number of aliphatic carboxylic acids is 1. The highest BCUT2D eigenvalue weighted by Crippen LogP contribution is 2.22.